The molecule has 0 saturated heterocycles. The van der Waals surface area contributed by atoms with Crippen molar-refractivity contribution in [2.45, 2.75) is 32.7 Å². The van der Waals surface area contributed by atoms with E-state index in [0.717, 1.165) is 29.8 Å². The Bertz CT molecular complexity index is 525. The van der Waals surface area contributed by atoms with Crippen LogP contribution in [0.5, 0.6) is 0 Å². The van der Waals surface area contributed by atoms with Crippen molar-refractivity contribution in [2.75, 3.05) is 0 Å². The van der Waals surface area contributed by atoms with Crippen molar-refractivity contribution >= 4 is 0 Å². The number of nitrogens with two attached hydrogens (primary N) is 1. The first-order chi connectivity index (χ1) is 8.69. The standard InChI is InChI=1S/C14H18N4/c1-3-11(15)9-12-5-7-17-14(18-12)13-8-10(2)4-6-16-13/h4-8,11H,3,9,15H2,1-2H3. The second kappa shape index (κ2) is 5.69. The summed E-state index contributed by atoms with van der Waals surface area (Å²) in [5.74, 6) is 0.666. The molecule has 4 nitrogen and oxygen atoms in total. The molecule has 4 heteroatoms. The molecule has 0 fully saturated rings. The van der Waals surface area contributed by atoms with Gasteiger partial charge in [-0.25, -0.2) is 9.97 Å². The predicted octanol–water partition coefficient (Wildman–Crippen LogP) is 2.13. The molecule has 2 N–H and O–H groups in total. The van der Waals surface area contributed by atoms with Gasteiger partial charge in [-0.15, -0.1) is 0 Å². The minimum Gasteiger partial charge on any atom is -0.327 e. The van der Waals surface area contributed by atoms with E-state index >= 15 is 0 Å². The third-order valence-electron chi connectivity index (χ3n) is 2.85. The van der Waals surface area contributed by atoms with Crippen molar-refractivity contribution in [3.05, 3.63) is 41.9 Å². The fraction of sp³-hybridized carbons (Fsp3) is 0.357. The zero-order valence-corrected chi connectivity index (χ0v) is 10.8. The number of aromatic nitrogens is 3. The van der Waals surface area contributed by atoms with Crippen LogP contribution in [-0.2, 0) is 6.42 Å². The summed E-state index contributed by atoms with van der Waals surface area (Å²) >= 11 is 0. The van der Waals surface area contributed by atoms with Gasteiger partial charge in [0.15, 0.2) is 5.82 Å². The minimum atomic E-state index is 0.151. The number of pyridine rings is 1. The van der Waals surface area contributed by atoms with Crippen LogP contribution < -0.4 is 5.73 Å². The van der Waals surface area contributed by atoms with Gasteiger partial charge in [-0.2, -0.15) is 0 Å². The zero-order valence-electron chi connectivity index (χ0n) is 10.8. The summed E-state index contributed by atoms with van der Waals surface area (Å²) in [6.07, 6.45) is 5.27. The first-order valence-electron chi connectivity index (χ1n) is 6.19. The maximum absolute atomic E-state index is 5.94. The smallest absolute Gasteiger partial charge is 0.178 e. The summed E-state index contributed by atoms with van der Waals surface area (Å²) in [7, 11) is 0. The average molecular weight is 242 g/mol. The van der Waals surface area contributed by atoms with Gasteiger partial charge < -0.3 is 5.73 Å². The van der Waals surface area contributed by atoms with Gasteiger partial charge in [0.1, 0.15) is 5.69 Å². The van der Waals surface area contributed by atoms with Crippen LogP contribution in [0, 0.1) is 6.92 Å². The number of hydrogen-bond acceptors (Lipinski definition) is 4. The Kier molecular flexibility index (Phi) is 3.99. The van der Waals surface area contributed by atoms with Crippen molar-refractivity contribution in [1.29, 1.82) is 0 Å². The van der Waals surface area contributed by atoms with Crippen LogP contribution in [0.15, 0.2) is 30.6 Å². The quantitative estimate of drug-likeness (QED) is 0.892. The highest BCUT2D eigenvalue weighted by atomic mass is 14.9. The lowest BCUT2D eigenvalue weighted by Crippen LogP contribution is -2.22. The Morgan fingerprint density at radius 2 is 2.00 bits per heavy atom. The van der Waals surface area contributed by atoms with E-state index in [1.807, 2.05) is 25.1 Å². The maximum atomic E-state index is 5.94. The van der Waals surface area contributed by atoms with E-state index in [1.54, 1.807) is 12.4 Å². The molecule has 2 aromatic heterocycles. The Balaban J connectivity index is 2.27. The van der Waals surface area contributed by atoms with Crippen LogP contribution in [-0.4, -0.2) is 21.0 Å². The first kappa shape index (κ1) is 12.6. The summed E-state index contributed by atoms with van der Waals surface area (Å²) in [6.45, 7) is 4.11. The highest BCUT2D eigenvalue weighted by Gasteiger charge is 2.07. The van der Waals surface area contributed by atoms with Crippen LogP contribution in [0.25, 0.3) is 11.5 Å². The normalized spacial score (nSPS) is 12.4. The molecule has 2 heterocycles. The summed E-state index contributed by atoms with van der Waals surface area (Å²) in [5, 5.41) is 0. The molecule has 2 aromatic rings. The van der Waals surface area contributed by atoms with Crippen molar-refractivity contribution in [3.63, 3.8) is 0 Å². The molecule has 2 rings (SSSR count). The average Bonchev–Trinajstić information content (AvgIpc) is 2.39. The summed E-state index contributed by atoms with van der Waals surface area (Å²) in [4.78, 5) is 13.1. The summed E-state index contributed by atoms with van der Waals surface area (Å²) < 4.78 is 0. The van der Waals surface area contributed by atoms with E-state index in [4.69, 9.17) is 5.73 Å². The molecule has 18 heavy (non-hydrogen) atoms. The van der Waals surface area contributed by atoms with Crippen LogP contribution >= 0.6 is 0 Å². The number of hydrogen-bond donors (Lipinski definition) is 1. The molecule has 1 atom stereocenters. The largest absolute Gasteiger partial charge is 0.327 e. The number of nitrogens with zero attached hydrogens (tertiary/aromatic N) is 3. The second-order valence-corrected chi connectivity index (χ2v) is 4.46. The fourth-order valence-corrected chi connectivity index (χ4v) is 1.70. The molecular weight excluding hydrogens is 224 g/mol. The molecule has 0 aliphatic rings. The molecule has 0 aromatic carbocycles. The number of rotatable bonds is 4. The Hall–Kier alpha value is -1.81. The summed E-state index contributed by atoms with van der Waals surface area (Å²) in [6, 6.07) is 6.01. The molecule has 0 aliphatic carbocycles. The summed E-state index contributed by atoms with van der Waals surface area (Å²) in [5.41, 5.74) is 8.87. The highest BCUT2D eigenvalue weighted by Crippen LogP contribution is 2.13. The van der Waals surface area contributed by atoms with Crippen LogP contribution in [0.2, 0.25) is 0 Å². The van der Waals surface area contributed by atoms with Crippen LogP contribution in [0.1, 0.15) is 24.6 Å². The lowest BCUT2D eigenvalue weighted by Gasteiger charge is -2.08. The first-order valence-corrected chi connectivity index (χ1v) is 6.19. The van der Waals surface area contributed by atoms with Gasteiger partial charge in [0.2, 0.25) is 0 Å². The van der Waals surface area contributed by atoms with Gasteiger partial charge in [-0.05, 0) is 37.1 Å². The van der Waals surface area contributed by atoms with E-state index in [9.17, 15) is 0 Å². The van der Waals surface area contributed by atoms with Crippen molar-refractivity contribution < 1.29 is 0 Å². The monoisotopic (exact) mass is 242 g/mol. The lowest BCUT2D eigenvalue weighted by molar-refractivity contribution is 0.636. The van der Waals surface area contributed by atoms with Crippen molar-refractivity contribution in [2.24, 2.45) is 5.73 Å². The zero-order chi connectivity index (χ0) is 13.0. The topological polar surface area (TPSA) is 64.7 Å². The van der Waals surface area contributed by atoms with Gasteiger partial charge in [0.05, 0.1) is 0 Å². The second-order valence-electron chi connectivity index (χ2n) is 4.46. The SMILES string of the molecule is CCC(N)Cc1ccnc(-c2cc(C)ccn2)n1. The molecule has 0 saturated carbocycles. The van der Waals surface area contributed by atoms with Gasteiger partial charge in [0.25, 0.3) is 0 Å². The Morgan fingerprint density at radius 3 is 2.72 bits per heavy atom. The minimum absolute atomic E-state index is 0.151. The van der Waals surface area contributed by atoms with Crippen LogP contribution in [0.3, 0.4) is 0 Å². The van der Waals surface area contributed by atoms with Gasteiger partial charge in [0, 0.05) is 30.6 Å². The van der Waals surface area contributed by atoms with Gasteiger partial charge in [-0.3, -0.25) is 4.98 Å². The molecule has 0 amide bonds. The van der Waals surface area contributed by atoms with E-state index in [1.165, 1.54) is 0 Å². The van der Waals surface area contributed by atoms with E-state index in [0.29, 0.717) is 5.82 Å². The van der Waals surface area contributed by atoms with E-state index in [-0.39, 0.29) is 6.04 Å². The molecular formula is C14H18N4. The van der Waals surface area contributed by atoms with Gasteiger partial charge in [-0.1, -0.05) is 6.92 Å². The fourth-order valence-electron chi connectivity index (χ4n) is 1.70. The third-order valence-corrected chi connectivity index (χ3v) is 2.85. The molecule has 0 bridgehead atoms. The Labute approximate surface area is 107 Å². The van der Waals surface area contributed by atoms with Gasteiger partial charge >= 0.3 is 0 Å². The van der Waals surface area contributed by atoms with Crippen molar-refractivity contribution in [1.82, 2.24) is 15.0 Å². The molecule has 94 valence electrons. The van der Waals surface area contributed by atoms with Crippen molar-refractivity contribution in [3.8, 4) is 11.5 Å². The van der Waals surface area contributed by atoms with E-state index in [2.05, 4.69) is 21.9 Å². The molecule has 0 spiro atoms. The predicted molar refractivity (Wildman–Crippen MR) is 72.0 cm³/mol. The van der Waals surface area contributed by atoms with E-state index < -0.39 is 0 Å². The third kappa shape index (κ3) is 3.11. The molecule has 0 aliphatic heterocycles. The number of aryl methyl sites for hydroxylation is 1. The molecule has 1 unspecified atom stereocenters. The highest BCUT2D eigenvalue weighted by molar-refractivity contribution is 5.49. The molecule has 0 radical (unpaired) electrons. The Morgan fingerprint density at radius 1 is 1.22 bits per heavy atom. The van der Waals surface area contributed by atoms with Crippen LogP contribution in [0.4, 0.5) is 0 Å². The lowest BCUT2D eigenvalue weighted by atomic mass is 10.1. The maximum Gasteiger partial charge on any atom is 0.178 e.